The van der Waals surface area contributed by atoms with E-state index in [0.717, 1.165) is 0 Å². The van der Waals surface area contributed by atoms with Crippen molar-refractivity contribution in [1.82, 2.24) is 0 Å². The first kappa shape index (κ1) is 18.7. The normalized spacial score (nSPS) is 12.0. The van der Waals surface area contributed by atoms with Crippen LogP contribution in [0.4, 0.5) is 0 Å². The number of hydrogen-bond donors (Lipinski definition) is 0. The Labute approximate surface area is 158 Å². The molecule has 0 radical (unpaired) electrons. The molecule has 138 valence electrons. The fourth-order valence-corrected chi connectivity index (χ4v) is 3.68. The largest absolute Gasteiger partial charge is 0.470 e. The van der Waals surface area contributed by atoms with E-state index in [4.69, 9.17) is 13.8 Å². The predicted octanol–water partition coefficient (Wildman–Crippen LogP) is 5.54. The summed E-state index contributed by atoms with van der Waals surface area (Å²) in [6.07, 6.45) is 0. The molecule has 0 fully saturated rings. The van der Waals surface area contributed by atoms with Crippen LogP contribution in [0.3, 0.4) is 0 Å². The number of benzene rings is 3. The summed E-state index contributed by atoms with van der Waals surface area (Å²) in [6, 6.07) is 25.8. The van der Waals surface area contributed by atoms with Gasteiger partial charge in [0.2, 0.25) is 5.85 Å². The van der Waals surface area contributed by atoms with Gasteiger partial charge < -0.3 is 13.8 Å². The van der Waals surface area contributed by atoms with E-state index >= 15 is 0 Å². The van der Waals surface area contributed by atoms with Gasteiger partial charge in [0.15, 0.2) is 0 Å². The molecule has 0 bridgehead atoms. The van der Waals surface area contributed by atoms with Crippen molar-refractivity contribution in [3.63, 3.8) is 0 Å². The van der Waals surface area contributed by atoms with Crippen molar-refractivity contribution in [2.75, 3.05) is 0 Å². The third-order valence-corrected chi connectivity index (χ3v) is 5.61. The Balaban J connectivity index is 1.84. The van der Waals surface area contributed by atoms with Crippen LogP contribution in [0, 0.1) is 0 Å². The van der Waals surface area contributed by atoms with Crippen molar-refractivity contribution >= 4 is 13.6 Å². The summed E-state index contributed by atoms with van der Waals surface area (Å²) in [5.74, 6) is -0.999. The predicted molar refractivity (Wildman–Crippen MR) is 103 cm³/mol. The molecule has 5 nitrogen and oxygen atoms in total. The number of rotatable bonds is 7. The minimum absolute atomic E-state index is 0.357. The zero-order valence-corrected chi connectivity index (χ0v) is 15.6. The molecule has 0 aromatic heterocycles. The molecule has 0 heterocycles. The lowest BCUT2D eigenvalue weighted by Gasteiger charge is -2.25. The topological polar surface area (TPSA) is 61.8 Å². The molecule has 0 aliphatic rings. The average molecular weight is 382 g/mol. The van der Waals surface area contributed by atoms with Gasteiger partial charge in [-0.15, -0.1) is 0 Å². The van der Waals surface area contributed by atoms with Crippen molar-refractivity contribution in [3.8, 4) is 11.5 Å². The zero-order valence-electron chi connectivity index (χ0n) is 14.7. The van der Waals surface area contributed by atoms with Crippen LogP contribution in [0.15, 0.2) is 91.0 Å². The monoisotopic (exact) mass is 382 g/mol. The molecule has 0 unspecified atom stereocenters. The summed E-state index contributed by atoms with van der Waals surface area (Å²) in [6.45, 7) is 1.49. The van der Waals surface area contributed by atoms with E-state index in [1.54, 1.807) is 78.9 Å². The maximum atomic E-state index is 13.5. The molecule has 3 rings (SSSR count). The first-order chi connectivity index (χ1) is 13.1. The van der Waals surface area contributed by atoms with Gasteiger partial charge in [-0.3, -0.25) is 0 Å². The molecule has 3 aromatic rings. The van der Waals surface area contributed by atoms with E-state index in [1.165, 1.54) is 6.92 Å². The van der Waals surface area contributed by atoms with Crippen molar-refractivity contribution in [2.45, 2.75) is 12.8 Å². The Morgan fingerprint density at radius 2 is 1.15 bits per heavy atom. The third kappa shape index (κ3) is 4.99. The standard InChI is InChI=1S/C21H19O5P/c1-17(24-21(22)18-11-5-2-6-12-18)27(23,25-19-13-7-3-8-14-19)26-20-15-9-4-10-16-20/h2-17H,1H3/t17-/m0/s1. The Kier molecular flexibility index (Phi) is 5.94. The molecule has 0 N–H and O–H groups in total. The molecular formula is C21H19O5P. The van der Waals surface area contributed by atoms with E-state index in [2.05, 4.69) is 0 Å². The van der Waals surface area contributed by atoms with Crippen LogP contribution in [-0.4, -0.2) is 11.8 Å². The molecule has 27 heavy (non-hydrogen) atoms. The molecular weight excluding hydrogens is 363 g/mol. The lowest BCUT2D eigenvalue weighted by molar-refractivity contribution is 0.0435. The molecule has 6 heteroatoms. The summed E-state index contributed by atoms with van der Waals surface area (Å²) in [5, 5.41) is 0. The lowest BCUT2D eigenvalue weighted by Crippen LogP contribution is -2.21. The Morgan fingerprint density at radius 1 is 0.741 bits per heavy atom. The van der Waals surface area contributed by atoms with Crippen LogP contribution in [0.5, 0.6) is 11.5 Å². The lowest BCUT2D eigenvalue weighted by atomic mass is 10.2. The summed E-state index contributed by atoms with van der Waals surface area (Å²) >= 11 is 0. The van der Waals surface area contributed by atoms with Crippen LogP contribution < -0.4 is 9.05 Å². The number of ether oxygens (including phenoxy) is 1. The molecule has 0 spiro atoms. The maximum Gasteiger partial charge on any atom is 0.470 e. The fourth-order valence-electron chi connectivity index (χ4n) is 2.29. The second kappa shape index (κ2) is 8.56. The van der Waals surface area contributed by atoms with Gasteiger partial charge in [0, 0.05) is 0 Å². The Morgan fingerprint density at radius 3 is 1.59 bits per heavy atom. The smallest absolute Gasteiger partial charge is 0.444 e. The zero-order chi connectivity index (χ0) is 19.1. The maximum absolute atomic E-state index is 13.5. The summed E-state index contributed by atoms with van der Waals surface area (Å²) in [5.41, 5.74) is 0.357. The molecule has 0 saturated carbocycles. The average Bonchev–Trinajstić information content (AvgIpc) is 2.70. The molecule has 1 atom stereocenters. The van der Waals surface area contributed by atoms with E-state index in [1.807, 2.05) is 12.1 Å². The molecule has 3 aromatic carbocycles. The minimum atomic E-state index is -3.87. The van der Waals surface area contributed by atoms with Crippen LogP contribution in [0.1, 0.15) is 17.3 Å². The molecule has 0 aliphatic heterocycles. The first-order valence-corrected chi connectivity index (χ1v) is 10.0. The van der Waals surface area contributed by atoms with Gasteiger partial charge in [0.25, 0.3) is 0 Å². The van der Waals surface area contributed by atoms with Crippen molar-refractivity contribution in [1.29, 1.82) is 0 Å². The molecule has 0 aliphatic carbocycles. The second-order valence-corrected chi connectivity index (χ2v) is 7.89. The van der Waals surface area contributed by atoms with Gasteiger partial charge in [0.1, 0.15) is 11.5 Å². The van der Waals surface area contributed by atoms with E-state index in [-0.39, 0.29) is 0 Å². The molecule has 0 saturated heterocycles. The van der Waals surface area contributed by atoms with Gasteiger partial charge in [-0.2, -0.15) is 0 Å². The van der Waals surface area contributed by atoms with Crippen LogP contribution in [0.25, 0.3) is 0 Å². The highest BCUT2D eigenvalue weighted by molar-refractivity contribution is 7.55. The van der Waals surface area contributed by atoms with Crippen LogP contribution >= 0.6 is 7.60 Å². The fraction of sp³-hybridized carbons (Fsp3) is 0.0952. The third-order valence-electron chi connectivity index (χ3n) is 3.68. The van der Waals surface area contributed by atoms with Crippen LogP contribution in [0.2, 0.25) is 0 Å². The van der Waals surface area contributed by atoms with Gasteiger partial charge in [-0.1, -0.05) is 54.6 Å². The first-order valence-electron chi connectivity index (χ1n) is 8.42. The van der Waals surface area contributed by atoms with Gasteiger partial charge in [0.05, 0.1) is 5.56 Å². The number of carbonyl (C=O) groups excluding carboxylic acids is 1. The minimum Gasteiger partial charge on any atom is -0.444 e. The van der Waals surface area contributed by atoms with Crippen molar-refractivity contribution in [3.05, 3.63) is 96.6 Å². The Bertz CT molecular complexity index is 868. The van der Waals surface area contributed by atoms with Crippen molar-refractivity contribution in [2.24, 2.45) is 0 Å². The van der Waals surface area contributed by atoms with Gasteiger partial charge in [-0.25, -0.2) is 9.36 Å². The highest BCUT2D eigenvalue weighted by Crippen LogP contribution is 2.53. The summed E-state index contributed by atoms with van der Waals surface area (Å²) < 4.78 is 30.2. The number of carbonyl (C=O) groups is 1. The van der Waals surface area contributed by atoms with Gasteiger partial charge in [-0.05, 0) is 43.3 Å². The quantitative estimate of drug-likeness (QED) is 0.397. The number of esters is 1. The Hall–Kier alpha value is -3.04. The molecule has 0 amide bonds. The summed E-state index contributed by atoms with van der Waals surface area (Å²) in [7, 11) is -3.87. The number of hydrogen-bond acceptors (Lipinski definition) is 5. The highest BCUT2D eigenvalue weighted by Gasteiger charge is 2.39. The van der Waals surface area contributed by atoms with Crippen LogP contribution in [-0.2, 0) is 9.30 Å². The van der Waals surface area contributed by atoms with Gasteiger partial charge >= 0.3 is 13.6 Å². The van der Waals surface area contributed by atoms with Crippen molar-refractivity contribution < 1.29 is 23.1 Å². The summed E-state index contributed by atoms with van der Waals surface area (Å²) in [4.78, 5) is 12.4. The highest BCUT2D eigenvalue weighted by atomic mass is 31.2. The van der Waals surface area contributed by atoms with E-state index in [0.29, 0.717) is 17.1 Å². The van der Waals surface area contributed by atoms with E-state index in [9.17, 15) is 9.36 Å². The van der Waals surface area contributed by atoms with E-state index < -0.39 is 19.4 Å². The SMILES string of the molecule is C[C@@H](OC(=O)c1ccccc1)P(=O)(Oc1ccccc1)Oc1ccccc1. The second-order valence-electron chi connectivity index (χ2n) is 5.72. The number of para-hydroxylation sites is 2.